The number of fused-ring (bicyclic) bond motifs is 4. The van der Waals surface area contributed by atoms with Gasteiger partial charge in [0.15, 0.2) is 0 Å². The van der Waals surface area contributed by atoms with Crippen molar-refractivity contribution in [3.63, 3.8) is 0 Å². The van der Waals surface area contributed by atoms with E-state index in [0.717, 1.165) is 12.5 Å². The van der Waals surface area contributed by atoms with Crippen molar-refractivity contribution in [1.82, 2.24) is 9.88 Å². The molecule has 0 radical (unpaired) electrons. The van der Waals surface area contributed by atoms with E-state index < -0.39 is 0 Å². The first-order chi connectivity index (χ1) is 9.88. The van der Waals surface area contributed by atoms with Crippen molar-refractivity contribution in [2.45, 2.75) is 37.6 Å². The first kappa shape index (κ1) is 11.5. The summed E-state index contributed by atoms with van der Waals surface area (Å²) in [6, 6.07) is 9.61. The van der Waals surface area contributed by atoms with Gasteiger partial charge in [0, 0.05) is 35.4 Å². The molecule has 0 amide bonds. The lowest BCUT2D eigenvalue weighted by Gasteiger charge is -2.12. The molecule has 3 heteroatoms. The fraction of sp³-hybridized carbons (Fsp3) is 0.471. The van der Waals surface area contributed by atoms with Crippen LogP contribution in [0.3, 0.4) is 0 Å². The number of hydrogen-bond donors (Lipinski definition) is 0. The number of benzene rings is 1. The van der Waals surface area contributed by atoms with Crippen LogP contribution < -0.4 is 0 Å². The molecule has 2 aliphatic heterocycles. The Labute approximate surface area is 123 Å². The quantitative estimate of drug-likeness (QED) is 0.677. The lowest BCUT2D eigenvalue weighted by Crippen LogP contribution is -2.22. The first-order valence-corrected chi connectivity index (χ1v) is 8.52. The van der Waals surface area contributed by atoms with E-state index in [1.54, 1.807) is 0 Å². The van der Waals surface area contributed by atoms with Crippen LogP contribution in [-0.2, 0) is 6.42 Å². The molecule has 5 rings (SSSR count). The van der Waals surface area contributed by atoms with Crippen molar-refractivity contribution >= 4 is 11.3 Å². The van der Waals surface area contributed by atoms with E-state index in [1.165, 1.54) is 59.1 Å². The molecule has 1 aromatic heterocycles. The van der Waals surface area contributed by atoms with Gasteiger partial charge in [0.2, 0.25) is 0 Å². The summed E-state index contributed by atoms with van der Waals surface area (Å²) in [7, 11) is 0. The fourth-order valence-electron chi connectivity index (χ4n) is 4.22. The van der Waals surface area contributed by atoms with Crippen LogP contribution in [0.1, 0.15) is 40.6 Å². The van der Waals surface area contributed by atoms with E-state index in [9.17, 15) is 0 Å². The van der Waals surface area contributed by atoms with Crippen molar-refractivity contribution in [1.29, 1.82) is 0 Å². The number of nitrogens with zero attached hydrogens (tertiary/aromatic N) is 2. The van der Waals surface area contributed by atoms with Gasteiger partial charge >= 0.3 is 0 Å². The molecule has 2 fully saturated rings. The van der Waals surface area contributed by atoms with Gasteiger partial charge in [-0.2, -0.15) is 0 Å². The maximum Gasteiger partial charge on any atom is 0.0979 e. The minimum absolute atomic E-state index is 0.697. The highest BCUT2D eigenvalue weighted by Gasteiger charge is 2.37. The molecule has 102 valence electrons. The third-order valence-corrected chi connectivity index (χ3v) is 6.42. The first-order valence-electron chi connectivity index (χ1n) is 7.70. The van der Waals surface area contributed by atoms with Crippen molar-refractivity contribution in [3.05, 3.63) is 39.7 Å². The average Bonchev–Trinajstić information content (AvgIpc) is 3.16. The van der Waals surface area contributed by atoms with E-state index >= 15 is 0 Å². The van der Waals surface area contributed by atoms with Gasteiger partial charge in [-0.1, -0.05) is 24.3 Å². The maximum atomic E-state index is 5.03. The molecule has 2 aromatic rings. The average molecular weight is 282 g/mol. The minimum atomic E-state index is 0.697. The van der Waals surface area contributed by atoms with Crippen LogP contribution in [0.25, 0.3) is 11.3 Å². The van der Waals surface area contributed by atoms with Crippen LogP contribution in [-0.4, -0.2) is 29.0 Å². The molecule has 0 spiro atoms. The smallest absolute Gasteiger partial charge is 0.0979 e. The summed E-state index contributed by atoms with van der Waals surface area (Å²) >= 11 is 1.98. The van der Waals surface area contributed by atoms with E-state index in [1.807, 2.05) is 11.3 Å². The fourth-order valence-corrected chi connectivity index (χ4v) is 5.43. The molecule has 20 heavy (non-hydrogen) atoms. The summed E-state index contributed by atoms with van der Waals surface area (Å²) < 4.78 is 0. The Morgan fingerprint density at radius 3 is 3.15 bits per heavy atom. The third kappa shape index (κ3) is 1.57. The van der Waals surface area contributed by atoms with Crippen LogP contribution >= 0.6 is 11.3 Å². The highest BCUT2D eigenvalue weighted by Crippen LogP contribution is 2.44. The predicted octanol–water partition coefficient (Wildman–Crippen LogP) is 3.67. The number of aromatic nitrogens is 1. The molecule has 3 aliphatic rings. The maximum absolute atomic E-state index is 5.03. The van der Waals surface area contributed by atoms with Crippen LogP contribution in [0, 0.1) is 0 Å². The Morgan fingerprint density at radius 1 is 1.25 bits per heavy atom. The number of rotatable bonds is 1. The second-order valence-electron chi connectivity index (χ2n) is 6.38. The van der Waals surface area contributed by atoms with Gasteiger partial charge in [-0.3, -0.25) is 4.90 Å². The minimum Gasteiger partial charge on any atom is -0.300 e. The van der Waals surface area contributed by atoms with Crippen LogP contribution in [0.15, 0.2) is 24.3 Å². The summed E-state index contributed by atoms with van der Waals surface area (Å²) in [4.78, 5) is 9.21. The van der Waals surface area contributed by atoms with Gasteiger partial charge in [-0.05, 0) is 31.4 Å². The van der Waals surface area contributed by atoms with Crippen molar-refractivity contribution in [2.75, 3.05) is 13.1 Å². The molecule has 2 nitrogen and oxygen atoms in total. The van der Waals surface area contributed by atoms with Crippen molar-refractivity contribution < 1.29 is 0 Å². The van der Waals surface area contributed by atoms with Crippen LogP contribution in [0.4, 0.5) is 0 Å². The largest absolute Gasteiger partial charge is 0.300 e. The normalized spacial score (nSPS) is 27.6. The Balaban J connectivity index is 1.48. The zero-order valence-corrected chi connectivity index (χ0v) is 12.3. The van der Waals surface area contributed by atoms with Gasteiger partial charge in [-0.15, -0.1) is 11.3 Å². The molecule has 3 heterocycles. The van der Waals surface area contributed by atoms with Gasteiger partial charge in [0.25, 0.3) is 0 Å². The molecule has 2 atom stereocenters. The van der Waals surface area contributed by atoms with Crippen molar-refractivity contribution in [3.8, 4) is 11.3 Å². The Kier molecular flexibility index (Phi) is 2.38. The van der Waals surface area contributed by atoms with E-state index in [0.29, 0.717) is 5.92 Å². The number of thiazole rings is 1. The van der Waals surface area contributed by atoms with E-state index in [-0.39, 0.29) is 0 Å². The zero-order chi connectivity index (χ0) is 13.1. The molecular weight excluding hydrogens is 264 g/mol. The summed E-state index contributed by atoms with van der Waals surface area (Å²) in [5.74, 6) is 0.697. The lowest BCUT2D eigenvalue weighted by molar-refractivity contribution is 0.322. The topological polar surface area (TPSA) is 16.1 Å². The predicted molar refractivity (Wildman–Crippen MR) is 82.3 cm³/mol. The van der Waals surface area contributed by atoms with Gasteiger partial charge in [0.1, 0.15) is 0 Å². The van der Waals surface area contributed by atoms with E-state index in [4.69, 9.17) is 4.98 Å². The zero-order valence-electron chi connectivity index (χ0n) is 11.5. The molecule has 2 unspecified atom stereocenters. The molecule has 0 saturated carbocycles. The second-order valence-corrected chi connectivity index (χ2v) is 7.50. The molecule has 2 saturated heterocycles. The summed E-state index contributed by atoms with van der Waals surface area (Å²) in [5.41, 5.74) is 4.12. The Hall–Kier alpha value is -1.19. The molecule has 1 aromatic carbocycles. The van der Waals surface area contributed by atoms with Gasteiger partial charge in [-0.25, -0.2) is 4.98 Å². The Morgan fingerprint density at radius 2 is 2.20 bits per heavy atom. The summed E-state index contributed by atoms with van der Waals surface area (Å²) in [5, 5.41) is 1.40. The highest BCUT2D eigenvalue weighted by molar-refractivity contribution is 7.12. The van der Waals surface area contributed by atoms with Gasteiger partial charge < -0.3 is 0 Å². The van der Waals surface area contributed by atoms with Crippen LogP contribution in [0.5, 0.6) is 0 Å². The van der Waals surface area contributed by atoms with Crippen LogP contribution in [0.2, 0.25) is 0 Å². The third-order valence-electron chi connectivity index (χ3n) is 5.20. The Bertz CT molecular complexity index is 663. The molecule has 0 N–H and O–H groups in total. The van der Waals surface area contributed by atoms with E-state index in [2.05, 4.69) is 29.2 Å². The second kappa shape index (κ2) is 4.15. The van der Waals surface area contributed by atoms with Crippen molar-refractivity contribution in [2.24, 2.45) is 0 Å². The standard InChI is InChI=1S/C17H18N2S/c1-2-6-14-11(4-1)9-15-16(14)18-17(20-15)12-8-13-5-3-7-19(13)10-12/h1-2,4,6,12-13H,3,5,7-10H2. The number of hydrogen-bond acceptors (Lipinski definition) is 3. The highest BCUT2D eigenvalue weighted by atomic mass is 32.1. The van der Waals surface area contributed by atoms with Gasteiger partial charge in [0.05, 0.1) is 10.7 Å². The monoisotopic (exact) mass is 282 g/mol. The summed E-state index contributed by atoms with van der Waals surface area (Å²) in [6.45, 7) is 2.56. The SMILES string of the molecule is c1ccc2c(c1)Cc1sc(C3CC4CCCN4C3)nc1-2. The molecule has 0 bridgehead atoms. The molecular formula is C17H18N2S. The summed E-state index contributed by atoms with van der Waals surface area (Å²) in [6.07, 6.45) is 5.25. The molecule has 1 aliphatic carbocycles. The lowest BCUT2D eigenvalue weighted by atomic mass is 10.0.